The maximum absolute atomic E-state index is 5.80. The third kappa shape index (κ3) is 5.08. The molecule has 1 atom stereocenters. The van der Waals surface area contributed by atoms with E-state index in [1.165, 1.54) is 25.7 Å². The number of unbranched alkanes of at least 4 members (excludes halogenated alkanes) is 1. The molecule has 1 unspecified atom stereocenters. The zero-order chi connectivity index (χ0) is 12.5. The van der Waals surface area contributed by atoms with Crippen LogP contribution in [-0.2, 0) is 0 Å². The monoisotopic (exact) mass is 230 g/mol. The molecular formula is C16H22O. The van der Waals surface area contributed by atoms with Crippen molar-refractivity contribution in [3.8, 4) is 5.75 Å². The summed E-state index contributed by atoms with van der Waals surface area (Å²) in [6, 6.07) is 8.74. The summed E-state index contributed by atoms with van der Waals surface area (Å²) in [6.45, 7) is 10.7. The molecular weight excluding hydrogens is 208 g/mol. The van der Waals surface area contributed by atoms with Gasteiger partial charge in [0.1, 0.15) is 5.75 Å². The van der Waals surface area contributed by atoms with Gasteiger partial charge in [-0.1, -0.05) is 51.8 Å². The third-order valence-corrected chi connectivity index (χ3v) is 3.00. The van der Waals surface area contributed by atoms with Gasteiger partial charge in [0.05, 0.1) is 6.61 Å². The minimum Gasteiger partial charge on any atom is -0.493 e. The van der Waals surface area contributed by atoms with E-state index in [1.807, 2.05) is 18.2 Å². The van der Waals surface area contributed by atoms with Crippen molar-refractivity contribution in [3.05, 3.63) is 36.4 Å². The molecule has 0 aliphatic rings. The van der Waals surface area contributed by atoms with Crippen LogP contribution in [0.25, 0.3) is 6.08 Å². The summed E-state index contributed by atoms with van der Waals surface area (Å²) in [4.78, 5) is 0. The van der Waals surface area contributed by atoms with Gasteiger partial charge in [0.2, 0.25) is 0 Å². The number of hydrogen-bond acceptors (Lipinski definition) is 1. The average molecular weight is 230 g/mol. The van der Waals surface area contributed by atoms with E-state index in [0.29, 0.717) is 5.92 Å². The molecule has 1 rings (SSSR count). The van der Waals surface area contributed by atoms with E-state index in [-0.39, 0.29) is 0 Å². The lowest BCUT2D eigenvalue weighted by molar-refractivity contribution is 0.233. The predicted octanol–water partition coefficient (Wildman–Crippen LogP) is 4.53. The van der Waals surface area contributed by atoms with Crippen LogP contribution in [-0.4, -0.2) is 6.61 Å². The second-order valence-corrected chi connectivity index (χ2v) is 4.37. The molecule has 0 saturated carbocycles. The lowest BCUT2D eigenvalue weighted by atomic mass is 10.0. The summed E-state index contributed by atoms with van der Waals surface area (Å²) in [7, 11) is 0. The van der Waals surface area contributed by atoms with Crippen LogP contribution in [0, 0.1) is 18.6 Å². The van der Waals surface area contributed by atoms with E-state index in [0.717, 1.165) is 17.9 Å². The quantitative estimate of drug-likeness (QED) is 0.637. The fourth-order valence-corrected chi connectivity index (χ4v) is 1.76. The van der Waals surface area contributed by atoms with Crippen molar-refractivity contribution < 1.29 is 4.74 Å². The number of hydrogen-bond donors (Lipinski definition) is 0. The highest BCUT2D eigenvalue weighted by Gasteiger charge is 2.06. The van der Waals surface area contributed by atoms with Crippen molar-refractivity contribution in [2.45, 2.75) is 39.5 Å². The van der Waals surface area contributed by atoms with E-state index in [1.54, 1.807) is 6.08 Å². The fourth-order valence-electron chi connectivity index (χ4n) is 1.76. The van der Waals surface area contributed by atoms with Crippen molar-refractivity contribution in [3.63, 3.8) is 0 Å². The van der Waals surface area contributed by atoms with Crippen LogP contribution in [0.1, 0.15) is 45.1 Å². The van der Waals surface area contributed by atoms with Crippen LogP contribution in [0.5, 0.6) is 5.75 Å². The maximum Gasteiger partial charge on any atom is 0.119 e. The summed E-state index contributed by atoms with van der Waals surface area (Å²) in [5, 5.41) is 0. The van der Waals surface area contributed by atoms with Gasteiger partial charge in [-0.05, 0) is 36.1 Å². The molecule has 17 heavy (non-hydrogen) atoms. The highest BCUT2D eigenvalue weighted by molar-refractivity contribution is 5.47. The first kappa shape index (κ1) is 13.8. The van der Waals surface area contributed by atoms with Gasteiger partial charge in [-0.15, -0.1) is 0 Å². The van der Waals surface area contributed by atoms with Gasteiger partial charge in [0.15, 0.2) is 0 Å². The molecule has 0 N–H and O–H groups in total. The predicted molar refractivity (Wildman–Crippen MR) is 72.8 cm³/mol. The molecule has 0 spiro atoms. The molecule has 92 valence electrons. The molecule has 0 bridgehead atoms. The molecule has 0 saturated heterocycles. The van der Waals surface area contributed by atoms with Crippen molar-refractivity contribution in [2.24, 2.45) is 5.92 Å². The van der Waals surface area contributed by atoms with E-state index < -0.39 is 0 Å². The first-order chi connectivity index (χ1) is 8.30. The molecule has 0 fully saturated rings. The van der Waals surface area contributed by atoms with Gasteiger partial charge >= 0.3 is 0 Å². The molecule has 2 radical (unpaired) electrons. The Kier molecular flexibility index (Phi) is 6.46. The third-order valence-electron chi connectivity index (χ3n) is 3.00. The molecule has 0 aliphatic heterocycles. The normalized spacial score (nSPS) is 12.1. The first-order valence-electron chi connectivity index (χ1n) is 6.49. The lowest BCUT2D eigenvalue weighted by Crippen LogP contribution is -2.11. The summed E-state index contributed by atoms with van der Waals surface area (Å²) >= 11 is 0. The molecule has 0 amide bonds. The minimum atomic E-state index is 0.657. The van der Waals surface area contributed by atoms with E-state index in [4.69, 9.17) is 11.3 Å². The molecule has 1 aromatic rings. The Balaban J connectivity index is 2.44. The van der Waals surface area contributed by atoms with E-state index in [2.05, 4.69) is 19.9 Å². The summed E-state index contributed by atoms with van der Waals surface area (Å²) in [5.74, 6) is 1.54. The minimum absolute atomic E-state index is 0.657. The molecule has 1 heteroatoms. The van der Waals surface area contributed by atoms with Gasteiger partial charge in [0, 0.05) is 0 Å². The molecule has 1 aromatic carbocycles. The van der Waals surface area contributed by atoms with Crippen LogP contribution in [0.2, 0.25) is 0 Å². The average Bonchev–Trinajstić information content (AvgIpc) is 2.39. The summed E-state index contributed by atoms with van der Waals surface area (Å²) in [6.07, 6.45) is 6.51. The van der Waals surface area contributed by atoms with Gasteiger partial charge in [-0.3, -0.25) is 0 Å². The Morgan fingerprint density at radius 3 is 2.94 bits per heavy atom. The maximum atomic E-state index is 5.80. The van der Waals surface area contributed by atoms with Crippen LogP contribution in [0.3, 0.4) is 0 Å². The zero-order valence-corrected chi connectivity index (χ0v) is 10.9. The van der Waals surface area contributed by atoms with Gasteiger partial charge < -0.3 is 4.74 Å². The van der Waals surface area contributed by atoms with E-state index >= 15 is 0 Å². The van der Waals surface area contributed by atoms with Crippen molar-refractivity contribution in [2.75, 3.05) is 6.61 Å². The first-order valence-corrected chi connectivity index (χ1v) is 6.49. The molecule has 0 heterocycles. The summed E-state index contributed by atoms with van der Waals surface area (Å²) < 4.78 is 5.80. The smallest absolute Gasteiger partial charge is 0.119 e. The highest BCUT2D eigenvalue weighted by Crippen LogP contribution is 2.18. The molecule has 1 nitrogen and oxygen atoms in total. The van der Waals surface area contributed by atoms with Crippen LogP contribution >= 0.6 is 0 Å². The van der Waals surface area contributed by atoms with Crippen LogP contribution in [0.15, 0.2) is 18.2 Å². The Morgan fingerprint density at radius 2 is 2.29 bits per heavy atom. The van der Waals surface area contributed by atoms with Gasteiger partial charge in [0.25, 0.3) is 0 Å². The number of rotatable bonds is 8. The Bertz CT molecular complexity index is 330. The molecule has 0 aromatic heterocycles. The highest BCUT2D eigenvalue weighted by atomic mass is 16.5. The van der Waals surface area contributed by atoms with Crippen LogP contribution in [0.4, 0.5) is 0 Å². The second kappa shape index (κ2) is 7.94. The van der Waals surface area contributed by atoms with Crippen LogP contribution < -0.4 is 4.74 Å². The Morgan fingerprint density at radius 1 is 1.47 bits per heavy atom. The number of benzene rings is 1. The second-order valence-electron chi connectivity index (χ2n) is 4.37. The Hall–Kier alpha value is -1.24. The van der Waals surface area contributed by atoms with Gasteiger partial charge in [-0.2, -0.15) is 0 Å². The largest absolute Gasteiger partial charge is 0.493 e. The SMILES string of the molecule is [CH]=Cc1[c]ccc(OCC(CC)CCCC)c1. The topological polar surface area (TPSA) is 9.23 Å². The summed E-state index contributed by atoms with van der Waals surface area (Å²) in [5.41, 5.74) is 0.879. The van der Waals surface area contributed by atoms with E-state index in [9.17, 15) is 0 Å². The fraction of sp³-hybridized carbons (Fsp3) is 0.500. The standard InChI is InChI=1S/C16H22O/c1-4-7-9-15(6-3)13-17-16-11-8-10-14(5-2)12-16/h2,5,8,11-12,15H,4,6-7,9,13H2,1,3H3. The Labute approximate surface area is 106 Å². The van der Waals surface area contributed by atoms with Gasteiger partial charge in [-0.25, -0.2) is 0 Å². The number of ether oxygens (including phenoxy) is 1. The zero-order valence-electron chi connectivity index (χ0n) is 10.9. The lowest BCUT2D eigenvalue weighted by Gasteiger charge is -2.15. The van der Waals surface area contributed by atoms with Crippen molar-refractivity contribution in [1.82, 2.24) is 0 Å². The van der Waals surface area contributed by atoms with Crippen molar-refractivity contribution >= 4 is 6.08 Å². The molecule has 0 aliphatic carbocycles. The van der Waals surface area contributed by atoms with Crippen molar-refractivity contribution in [1.29, 1.82) is 0 Å².